The van der Waals surface area contributed by atoms with Gasteiger partial charge in [-0.15, -0.1) is 0 Å². The first-order chi connectivity index (χ1) is 17.0. The van der Waals surface area contributed by atoms with Gasteiger partial charge in [0.1, 0.15) is 5.75 Å². The van der Waals surface area contributed by atoms with Crippen molar-refractivity contribution in [3.8, 4) is 5.75 Å². The maximum absolute atomic E-state index is 12.9. The molecule has 0 aliphatic rings. The van der Waals surface area contributed by atoms with E-state index in [1.165, 1.54) is 16.4 Å². The second-order valence-electron chi connectivity index (χ2n) is 9.83. The van der Waals surface area contributed by atoms with Crippen molar-refractivity contribution < 1.29 is 17.9 Å². The van der Waals surface area contributed by atoms with Crippen LogP contribution in [0.4, 0.5) is 5.69 Å². The Kier molecular flexibility index (Phi) is 8.93. The Labute approximate surface area is 215 Å². The number of nitrogens with zero attached hydrogens (tertiary/aromatic N) is 1. The molecule has 0 unspecified atom stereocenters. The summed E-state index contributed by atoms with van der Waals surface area (Å²) in [4.78, 5) is 13.1. The maximum atomic E-state index is 12.9. The molecule has 0 bridgehead atoms. The molecule has 3 aromatic carbocycles. The highest BCUT2D eigenvalue weighted by atomic mass is 32.2. The van der Waals surface area contributed by atoms with Crippen LogP contribution in [0.5, 0.6) is 5.75 Å². The van der Waals surface area contributed by atoms with Crippen LogP contribution < -0.4 is 10.1 Å². The molecule has 1 N–H and O–H groups in total. The summed E-state index contributed by atoms with van der Waals surface area (Å²) in [6.07, 6.45) is 1.39. The van der Waals surface area contributed by atoms with Crippen LogP contribution >= 0.6 is 0 Å². The van der Waals surface area contributed by atoms with Crippen molar-refractivity contribution in [3.05, 3.63) is 89.5 Å². The monoisotopic (exact) mass is 508 g/mol. The zero-order valence-corrected chi connectivity index (χ0v) is 22.6. The summed E-state index contributed by atoms with van der Waals surface area (Å²) in [6.45, 7) is 8.66. The lowest BCUT2D eigenvalue weighted by Crippen LogP contribution is -2.31. The molecule has 0 spiro atoms. The molecule has 0 radical (unpaired) electrons. The lowest BCUT2D eigenvalue weighted by atomic mass is 9.87. The third-order valence-electron chi connectivity index (χ3n) is 6.23. The predicted octanol–water partition coefficient (Wildman–Crippen LogP) is 5.95. The van der Waals surface area contributed by atoms with Crippen LogP contribution in [-0.4, -0.2) is 32.3 Å². The molecule has 0 aliphatic carbocycles. The molecule has 192 valence electrons. The average molecular weight is 509 g/mol. The fraction of sp³-hybridized carbons (Fsp3) is 0.345. The summed E-state index contributed by atoms with van der Waals surface area (Å²) in [5.41, 5.74) is 3.11. The van der Waals surface area contributed by atoms with Crippen LogP contribution in [0.3, 0.4) is 0 Å². The molecule has 0 saturated carbocycles. The van der Waals surface area contributed by atoms with E-state index < -0.39 is 15.4 Å². The second kappa shape index (κ2) is 11.7. The summed E-state index contributed by atoms with van der Waals surface area (Å²) >= 11 is 0. The number of carbonyl (C=O) groups excluding carboxylic acids is 1. The van der Waals surface area contributed by atoms with Gasteiger partial charge >= 0.3 is 0 Å². The molecule has 0 aliphatic heterocycles. The summed E-state index contributed by atoms with van der Waals surface area (Å²) in [5, 5.41) is 2.92. The van der Waals surface area contributed by atoms with E-state index in [0.717, 1.165) is 28.9 Å². The second-order valence-corrected chi connectivity index (χ2v) is 11.9. The first kappa shape index (κ1) is 27.4. The molecule has 3 rings (SSSR count). The number of amides is 1. The zero-order valence-electron chi connectivity index (χ0n) is 21.7. The van der Waals surface area contributed by atoms with E-state index in [0.29, 0.717) is 18.7 Å². The zero-order chi connectivity index (χ0) is 26.3. The fourth-order valence-corrected chi connectivity index (χ4v) is 4.95. The van der Waals surface area contributed by atoms with Crippen LogP contribution in [0, 0.1) is 19.3 Å². The van der Waals surface area contributed by atoms with E-state index >= 15 is 0 Å². The lowest BCUT2D eigenvalue weighted by molar-refractivity contribution is -0.124. The highest BCUT2D eigenvalue weighted by Crippen LogP contribution is 2.27. The number of anilines is 1. The minimum absolute atomic E-state index is 0.119. The molecule has 1 amide bonds. The normalized spacial score (nSPS) is 11.9. The third kappa shape index (κ3) is 7.18. The van der Waals surface area contributed by atoms with E-state index in [4.69, 9.17) is 4.74 Å². The van der Waals surface area contributed by atoms with Crippen LogP contribution in [0.1, 0.15) is 43.4 Å². The van der Waals surface area contributed by atoms with Gasteiger partial charge in [-0.25, -0.2) is 8.42 Å². The quantitative estimate of drug-likeness (QED) is 0.325. The summed E-state index contributed by atoms with van der Waals surface area (Å²) in [7, 11) is -2.09. The Bertz CT molecular complexity index is 1270. The van der Waals surface area contributed by atoms with Crippen LogP contribution in [0.2, 0.25) is 0 Å². The van der Waals surface area contributed by atoms with Gasteiger partial charge in [0.2, 0.25) is 15.9 Å². The van der Waals surface area contributed by atoms with Gasteiger partial charge in [-0.05, 0) is 73.7 Å². The van der Waals surface area contributed by atoms with Crippen molar-refractivity contribution in [2.24, 2.45) is 5.41 Å². The number of benzene rings is 3. The predicted molar refractivity (Wildman–Crippen MR) is 145 cm³/mol. The SMILES string of the molecule is Cc1ccc(C)c(OCCCC(C)(C)C(=O)Nc2ccc(S(=O)(=O)N(C)Cc3ccccc3)cc2)c1. The number of hydrogen-bond donors (Lipinski definition) is 1. The van der Waals surface area contributed by atoms with Crippen LogP contribution in [0.25, 0.3) is 0 Å². The van der Waals surface area contributed by atoms with Crippen molar-refractivity contribution in [3.63, 3.8) is 0 Å². The van der Waals surface area contributed by atoms with Gasteiger partial charge in [0.25, 0.3) is 0 Å². The smallest absolute Gasteiger partial charge is 0.243 e. The Hall–Kier alpha value is -3.16. The molecular weight excluding hydrogens is 472 g/mol. The minimum Gasteiger partial charge on any atom is -0.493 e. The molecule has 7 heteroatoms. The molecule has 0 aromatic heterocycles. The van der Waals surface area contributed by atoms with Gasteiger partial charge < -0.3 is 10.1 Å². The van der Waals surface area contributed by atoms with Crippen LogP contribution in [-0.2, 0) is 21.4 Å². The van der Waals surface area contributed by atoms with E-state index in [1.807, 2.05) is 70.2 Å². The number of nitrogens with one attached hydrogen (secondary N) is 1. The molecular formula is C29H36N2O4S. The highest BCUT2D eigenvalue weighted by Gasteiger charge is 2.27. The molecule has 3 aromatic rings. The van der Waals surface area contributed by atoms with Gasteiger partial charge in [-0.3, -0.25) is 4.79 Å². The molecule has 6 nitrogen and oxygen atoms in total. The lowest BCUT2D eigenvalue weighted by Gasteiger charge is -2.24. The largest absolute Gasteiger partial charge is 0.493 e. The topological polar surface area (TPSA) is 75.7 Å². The van der Waals surface area contributed by atoms with Crippen molar-refractivity contribution in [1.29, 1.82) is 0 Å². The highest BCUT2D eigenvalue weighted by molar-refractivity contribution is 7.89. The molecule has 0 fully saturated rings. The molecule has 0 heterocycles. The van der Waals surface area contributed by atoms with Crippen LogP contribution in [0.15, 0.2) is 77.7 Å². The van der Waals surface area contributed by atoms with Gasteiger partial charge in [0, 0.05) is 24.7 Å². The number of carbonyl (C=O) groups is 1. The Balaban J connectivity index is 1.54. The Morgan fingerprint density at radius 3 is 2.31 bits per heavy atom. The minimum atomic E-state index is -3.65. The van der Waals surface area contributed by atoms with Crippen molar-refractivity contribution in [1.82, 2.24) is 4.31 Å². The van der Waals surface area contributed by atoms with Gasteiger partial charge in [0.05, 0.1) is 11.5 Å². The van der Waals surface area contributed by atoms with Gasteiger partial charge in [-0.1, -0.05) is 56.3 Å². The van der Waals surface area contributed by atoms with Gasteiger partial charge in [-0.2, -0.15) is 4.31 Å². The molecule has 0 saturated heterocycles. The fourth-order valence-electron chi connectivity index (χ4n) is 3.79. The average Bonchev–Trinajstić information content (AvgIpc) is 2.84. The van der Waals surface area contributed by atoms with E-state index in [-0.39, 0.29) is 17.3 Å². The first-order valence-corrected chi connectivity index (χ1v) is 13.5. The van der Waals surface area contributed by atoms with Gasteiger partial charge in [0.15, 0.2) is 0 Å². The van der Waals surface area contributed by atoms with Crippen molar-refractivity contribution >= 4 is 21.6 Å². The molecule has 36 heavy (non-hydrogen) atoms. The van der Waals surface area contributed by atoms with Crippen molar-refractivity contribution in [2.45, 2.75) is 52.0 Å². The molecule has 0 atom stereocenters. The van der Waals surface area contributed by atoms with E-state index in [2.05, 4.69) is 11.4 Å². The van der Waals surface area contributed by atoms with E-state index in [9.17, 15) is 13.2 Å². The van der Waals surface area contributed by atoms with E-state index in [1.54, 1.807) is 19.2 Å². The number of sulfonamides is 1. The number of rotatable bonds is 11. The number of aryl methyl sites for hydroxylation is 2. The Morgan fingerprint density at radius 2 is 1.64 bits per heavy atom. The first-order valence-electron chi connectivity index (χ1n) is 12.1. The number of hydrogen-bond acceptors (Lipinski definition) is 4. The third-order valence-corrected chi connectivity index (χ3v) is 8.05. The summed E-state index contributed by atoms with van der Waals surface area (Å²) < 4.78 is 33.1. The summed E-state index contributed by atoms with van der Waals surface area (Å²) in [6, 6.07) is 21.9. The summed E-state index contributed by atoms with van der Waals surface area (Å²) in [5.74, 6) is 0.757. The van der Waals surface area contributed by atoms with Crippen molar-refractivity contribution in [2.75, 3.05) is 19.0 Å². The number of ether oxygens (including phenoxy) is 1. The standard InChI is InChI=1S/C29H36N2O4S/c1-22-12-13-23(2)27(20-22)35-19-9-18-29(3,4)28(32)30-25-14-16-26(17-15-25)36(33,34)31(5)21-24-10-7-6-8-11-24/h6-8,10-17,20H,9,18-19,21H2,1-5H3,(H,30,32). The Morgan fingerprint density at radius 1 is 0.972 bits per heavy atom. The maximum Gasteiger partial charge on any atom is 0.243 e.